The van der Waals surface area contributed by atoms with Gasteiger partial charge in [0, 0.05) is 5.66 Å². The van der Waals surface area contributed by atoms with Gasteiger partial charge in [-0.25, -0.2) is 0 Å². The highest BCUT2D eigenvalue weighted by Gasteiger charge is 2.17. The molecule has 2 unspecified atom stereocenters. The predicted molar refractivity (Wildman–Crippen MR) is 48.0 cm³/mol. The van der Waals surface area contributed by atoms with Crippen molar-refractivity contribution in [3.05, 3.63) is 0 Å². The Morgan fingerprint density at radius 2 is 2.23 bits per heavy atom. The summed E-state index contributed by atoms with van der Waals surface area (Å²) >= 11 is 0. The van der Waals surface area contributed by atoms with E-state index in [0.717, 1.165) is 0 Å². The summed E-state index contributed by atoms with van der Waals surface area (Å²) in [5, 5.41) is 8.33. The van der Waals surface area contributed by atoms with Gasteiger partial charge in [-0.05, 0) is 6.42 Å². The first-order valence-corrected chi connectivity index (χ1v) is 5.54. The van der Waals surface area contributed by atoms with Gasteiger partial charge in [-0.15, -0.1) is 0 Å². The van der Waals surface area contributed by atoms with Crippen molar-refractivity contribution in [2.75, 3.05) is 13.2 Å². The van der Waals surface area contributed by atoms with E-state index in [-0.39, 0.29) is 19.6 Å². The Morgan fingerprint density at radius 1 is 1.62 bits per heavy atom. The van der Waals surface area contributed by atoms with Crippen molar-refractivity contribution in [1.29, 1.82) is 0 Å². The standard InChI is InChI=1S/C7H15O5P/c1-2-6(13(10)11)5-7(9)12-4-3-8/h6,8,13H,2-5H2,1H3,(H,10,11). The first-order chi connectivity index (χ1) is 6.11. The van der Waals surface area contributed by atoms with Crippen molar-refractivity contribution < 1.29 is 24.1 Å². The SMILES string of the molecule is CCC(CC(=O)OCCO)[PH](=O)O. The molecule has 78 valence electrons. The zero-order chi connectivity index (χ0) is 10.3. The Morgan fingerprint density at radius 3 is 2.62 bits per heavy atom. The number of esters is 1. The molecule has 0 aliphatic rings. The minimum atomic E-state index is -2.66. The third kappa shape index (κ3) is 5.80. The Balaban J connectivity index is 3.80. The Kier molecular flexibility index (Phi) is 6.86. The maximum absolute atomic E-state index is 10.9. The maximum atomic E-state index is 10.9. The predicted octanol–water partition coefficient (Wildman–Crippen LogP) is 0.158. The summed E-state index contributed by atoms with van der Waals surface area (Å²) in [7, 11) is -2.66. The van der Waals surface area contributed by atoms with Crippen molar-refractivity contribution in [3.8, 4) is 0 Å². The van der Waals surface area contributed by atoms with E-state index < -0.39 is 19.7 Å². The van der Waals surface area contributed by atoms with Crippen LogP contribution in [-0.4, -0.2) is 34.8 Å². The second-order valence-electron chi connectivity index (χ2n) is 2.59. The van der Waals surface area contributed by atoms with Crippen LogP contribution in [0, 0.1) is 0 Å². The van der Waals surface area contributed by atoms with Gasteiger partial charge in [0.1, 0.15) is 6.61 Å². The molecule has 0 rings (SSSR count). The highest BCUT2D eigenvalue weighted by atomic mass is 31.1. The molecule has 0 fully saturated rings. The number of aliphatic hydroxyl groups is 1. The van der Waals surface area contributed by atoms with Crippen LogP contribution in [0.5, 0.6) is 0 Å². The first-order valence-electron chi connectivity index (χ1n) is 4.11. The number of aliphatic hydroxyl groups excluding tert-OH is 1. The maximum Gasteiger partial charge on any atom is 0.306 e. The van der Waals surface area contributed by atoms with Crippen molar-refractivity contribution in [2.24, 2.45) is 0 Å². The van der Waals surface area contributed by atoms with E-state index in [9.17, 15) is 9.36 Å². The second-order valence-corrected chi connectivity index (χ2v) is 4.08. The summed E-state index contributed by atoms with van der Waals surface area (Å²) in [5.74, 6) is -0.534. The molecule has 0 bridgehead atoms. The second kappa shape index (κ2) is 7.06. The average molecular weight is 210 g/mol. The largest absolute Gasteiger partial charge is 0.463 e. The molecule has 0 spiro atoms. The van der Waals surface area contributed by atoms with Gasteiger partial charge in [0.2, 0.25) is 0 Å². The first kappa shape index (κ1) is 12.6. The van der Waals surface area contributed by atoms with Crippen molar-refractivity contribution in [3.63, 3.8) is 0 Å². The Bertz CT molecular complexity index is 182. The van der Waals surface area contributed by atoms with E-state index in [1.165, 1.54) is 0 Å². The molecule has 5 nitrogen and oxygen atoms in total. The van der Waals surface area contributed by atoms with E-state index in [4.69, 9.17) is 10.00 Å². The third-order valence-electron chi connectivity index (χ3n) is 1.61. The van der Waals surface area contributed by atoms with Gasteiger partial charge in [0.25, 0.3) is 0 Å². The quantitative estimate of drug-likeness (QED) is 0.481. The molecule has 0 saturated carbocycles. The fourth-order valence-electron chi connectivity index (χ4n) is 0.826. The fraction of sp³-hybridized carbons (Fsp3) is 0.857. The lowest BCUT2D eigenvalue weighted by molar-refractivity contribution is -0.144. The lowest BCUT2D eigenvalue weighted by atomic mass is 10.2. The van der Waals surface area contributed by atoms with E-state index in [2.05, 4.69) is 4.74 Å². The average Bonchev–Trinajstić information content (AvgIpc) is 2.10. The van der Waals surface area contributed by atoms with Crippen LogP contribution in [0.1, 0.15) is 19.8 Å². The minimum absolute atomic E-state index is 0.0508. The molecule has 0 aliphatic carbocycles. The van der Waals surface area contributed by atoms with Crippen molar-refractivity contribution >= 4 is 14.0 Å². The molecular formula is C7H15O5P. The molecule has 2 atom stereocenters. The number of carbonyl (C=O) groups is 1. The number of hydrogen-bond donors (Lipinski definition) is 2. The normalized spacial score (nSPS) is 15.0. The smallest absolute Gasteiger partial charge is 0.306 e. The monoisotopic (exact) mass is 210 g/mol. The number of hydrogen-bond acceptors (Lipinski definition) is 4. The fourth-order valence-corrected chi connectivity index (χ4v) is 1.52. The van der Waals surface area contributed by atoms with Crippen LogP contribution in [0.2, 0.25) is 0 Å². The lowest BCUT2D eigenvalue weighted by Crippen LogP contribution is -2.14. The summed E-state index contributed by atoms with van der Waals surface area (Å²) in [6.07, 6.45) is 0.424. The zero-order valence-electron chi connectivity index (χ0n) is 7.52. The van der Waals surface area contributed by atoms with Gasteiger partial charge in [-0.1, -0.05) is 6.92 Å². The van der Waals surface area contributed by atoms with E-state index >= 15 is 0 Å². The van der Waals surface area contributed by atoms with E-state index in [0.29, 0.717) is 6.42 Å². The van der Waals surface area contributed by atoms with Crippen LogP contribution in [0.4, 0.5) is 0 Å². The van der Waals surface area contributed by atoms with Crippen LogP contribution in [0.3, 0.4) is 0 Å². The van der Waals surface area contributed by atoms with Gasteiger partial charge in [0.05, 0.1) is 13.0 Å². The number of ether oxygens (including phenoxy) is 1. The minimum Gasteiger partial charge on any atom is -0.463 e. The summed E-state index contributed by atoms with van der Waals surface area (Å²) in [4.78, 5) is 19.7. The van der Waals surface area contributed by atoms with Gasteiger partial charge in [0.15, 0.2) is 8.03 Å². The molecule has 0 aromatic rings. The highest BCUT2D eigenvalue weighted by Crippen LogP contribution is 2.28. The molecule has 2 N–H and O–H groups in total. The molecule has 0 aromatic heterocycles. The van der Waals surface area contributed by atoms with E-state index in [1.807, 2.05) is 0 Å². The van der Waals surface area contributed by atoms with Gasteiger partial charge >= 0.3 is 5.97 Å². The molecule has 0 aliphatic heterocycles. The van der Waals surface area contributed by atoms with Crippen LogP contribution in [0.15, 0.2) is 0 Å². The number of carbonyl (C=O) groups excluding carboxylic acids is 1. The van der Waals surface area contributed by atoms with Crippen molar-refractivity contribution in [2.45, 2.75) is 25.4 Å². The molecule has 0 saturated heterocycles. The number of rotatable bonds is 6. The molecule has 6 heteroatoms. The molecule has 0 radical (unpaired) electrons. The summed E-state index contributed by atoms with van der Waals surface area (Å²) in [6, 6.07) is 0. The molecular weight excluding hydrogens is 195 g/mol. The van der Waals surface area contributed by atoms with Crippen LogP contribution in [-0.2, 0) is 14.1 Å². The molecule has 0 heterocycles. The Hall–Kier alpha value is -0.380. The lowest BCUT2D eigenvalue weighted by Gasteiger charge is -2.09. The van der Waals surface area contributed by atoms with Gasteiger partial charge < -0.3 is 14.7 Å². The molecule has 0 amide bonds. The van der Waals surface area contributed by atoms with Crippen LogP contribution in [0.25, 0.3) is 0 Å². The third-order valence-corrected chi connectivity index (χ3v) is 2.92. The molecule has 13 heavy (non-hydrogen) atoms. The van der Waals surface area contributed by atoms with Gasteiger partial charge in [-0.2, -0.15) is 0 Å². The summed E-state index contributed by atoms with van der Waals surface area (Å²) < 4.78 is 15.2. The van der Waals surface area contributed by atoms with Crippen LogP contribution >= 0.6 is 8.03 Å². The highest BCUT2D eigenvalue weighted by molar-refractivity contribution is 7.38. The van der Waals surface area contributed by atoms with Crippen LogP contribution < -0.4 is 0 Å². The Labute approximate surface area is 77.6 Å². The van der Waals surface area contributed by atoms with Gasteiger partial charge in [-0.3, -0.25) is 9.36 Å². The summed E-state index contributed by atoms with van der Waals surface area (Å²) in [5.41, 5.74) is -0.504. The topological polar surface area (TPSA) is 83.8 Å². The van der Waals surface area contributed by atoms with Crippen molar-refractivity contribution in [1.82, 2.24) is 0 Å². The molecule has 0 aromatic carbocycles. The zero-order valence-corrected chi connectivity index (χ0v) is 8.52. The summed E-state index contributed by atoms with van der Waals surface area (Å²) in [6.45, 7) is 1.46. The van der Waals surface area contributed by atoms with E-state index in [1.54, 1.807) is 6.92 Å².